The number of ether oxygens (including phenoxy) is 1. The van der Waals surface area contributed by atoms with Gasteiger partial charge in [-0.2, -0.15) is 0 Å². The van der Waals surface area contributed by atoms with E-state index in [4.69, 9.17) is 27.9 Å². The Morgan fingerprint density at radius 2 is 1.77 bits per heavy atom. The van der Waals surface area contributed by atoms with Gasteiger partial charge in [-0.3, -0.25) is 4.72 Å². The van der Waals surface area contributed by atoms with Gasteiger partial charge < -0.3 is 4.74 Å². The fourth-order valence-electron chi connectivity index (χ4n) is 3.23. The fourth-order valence-corrected chi connectivity index (χ4v) is 6.30. The molecule has 0 aliphatic carbocycles. The van der Waals surface area contributed by atoms with Gasteiger partial charge in [-0.25, -0.2) is 26.2 Å². The molecule has 1 aromatic heterocycles. The molecule has 1 N–H and O–H groups in total. The number of sulfone groups is 1. The van der Waals surface area contributed by atoms with E-state index < -0.39 is 30.6 Å². The lowest BCUT2D eigenvalue weighted by Gasteiger charge is -2.14. The van der Waals surface area contributed by atoms with Crippen LogP contribution in [0.5, 0.6) is 11.5 Å². The lowest BCUT2D eigenvalue weighted by atomic mass is 10.1. The summed E-state index contributed by atoms with van der Waals surface area (Å²) in [5, 5.41) is 2.09. The minimum absolute atomic E-state index is 0.0471. The Kier molecular flexibility index (Phi) is 9.39. The van der Waals surface area contributed by atoms with Gasteiger partial charge in [0.05, 0.1) is 5.02 Å². The maximum atomic E-state index is 14.8. The molecule has 2 aromatic carbocycles. The molecule has 0 fully saturated rings. The number of nitrogens with one attached hydrogen (secondary N) is 1. The first kappa shape index (κ1) is 27.7. The van der Waals surface area contributed by atoms with Crippen molar-refractivity contribution in [2.45, 2.75) is 37.0 Å². The summed E-state index contributed by atoms with van der Waals surface area (Å²) in [5.74, 6) is -0.513. The highest BCUT2D eigenvalue weighted by atomic mass is 35.5. The van der Waals surface area contributed by atoms with Gasteiger partial charge in [0.2, 0.25) is 0 Å². The van der Waals surface area contributed by atoms with Crippen LogP contribution in [0, 0.1) is 5.82 Å². The number of aromatic nitrogens is 1. The van der Waals surface area contributed by atoms with Gasteiger partial charge >= 0.3 is 0 Å². The molecule has 0 atom stereocenters. The Balaban J connectivity index is 1.72. The minimum Gasteiger partial charge on any atom is -0.455 e. The van der Waals surface area contributed by atoms with Crippen LogP contribution in [0.3, 0.4) is 0 Å². The van der Waals surface area contributed by atoms with Gasteiger partial charge in [-0.1, -0.05) is 36.0 Å². The second-order valence-electron chi connectivity index (χ2n) is 7.80. The van der Waals surface area contributed by atoms with E-state index in [0.717, 1.165) is 48.3 Å². The number of rotatable bonds is 12. The van der Waals surface area contributed by atoms with E-state index in [1.54, 1.807) is 23.6 Å². The van der Waals surface area contributed by atoms with Crippen molar-refractivity contribution in [1.82, 2.24) is 4.98 Å². The molecule has 0 spiro atoms. The highest BCUT2D eigenvalue weighted by Gasteiger charge is 2.23. The second-order valence-corrected chi connectivity index (χ2v) is 13.5. The van der Waals surface area contributed by atoms with Crippen molar-refractivity contribution in [2.24, 2.45) is 0 Å². The molecule has 7 nitrogen and oxygen atoms in total. The Bertz CT molecular complexity index is 1380. The molecular weight excluding hydrogens is 558 g/mol. The zero-order valence-corrected chi connectivity index (χ0v) is 22.6. The third-order valence-corrected chi connectivity index (χ3v) is 8.62. The summed E-state index contributed by atoms with van der Waals surface area (Å²) in [6.45, 7) is 0. The summed E-state index contributed by atoms with van der Waals surface area (Å²) in [6, 6.07) is 6.88. The standard InChI is InChI=1S/C22H23Cl2FN2O5S3/c1-34(28,29)11-5-3-2-4-6-15-12-16(23)7-8-19(15)32-20-14-18(25)21(13-17(20)24)35(30,31)27-22-26-9-10-33-22/h7-10,12-14H,2-6,11H2,1H3,(H,26,27). The van der Waals surface area contributed by atoms with Gasteiger partial charge in [0.25, 0.3) is 10.0 Å². The topological polar surface area (TPSA) is 102 Å². The van der Waals surface area contributed by atoms with Gasteiger partial charge in [0.15, 0.2) is 5.13 Å². The maximum Gasteiger partial charge on any atom is 0.266 e. The summed E-state index contributed by atoms with van der Waals surface area (Å²) in [6.07, 6.45) is 6.18. The van der Waals surface area contributed by atoms with Crippen LogP contribution in [0.2, 0.25) is 10.0 Å². The van der Waals surface area contributed by atoms with E-state index >= 15 is 0 Å². The van der Waals surface area contributed by atoms with Crippen LogP contribution in [0.1, 0.15) is 31.2 Å². The number of benzene rings is 2. The Hall–Kier alpha value is -1.92. The molecule has 190 valence electrons. The highest BCUT2D eigenvalue weighted by Crippen LogP contribution is 2.36. The fraction of sp³-hybridized carbons (Fsp3) is 0.318. The van der Waals surface area contributed by atoms with Crippen molar-refractivity contribution < 1.29 is 26.0 Å². The Morgan fingerprint density at radius 3 is 2.46 bits per heavy atom. The smallest absolute Gasteiger partial charge is 0.266 e. The third kappa shape index (κ3) is 8.32. The van der Waals surface area contributed by atoms with Crippen LogP contribution in [0.4, 0.5) is 9.52 Å². The normalized spacial score (nSPS) is 12.0. The van der Waals surface area contributed by atoms with E-state index in [0.29, 0.717) is 23.6 Å². The number of hydrogen-bond donors (Lipinski definition) is 1. The quantitative estimate of drug-likeness (QED) is 0.251. The van der Waals surface area contributed by atoms with Gasteiger partial charge in [0.1, 0.15) is 32.0 Å². The molecule has 3 rings (SSSR count). The van der Waals surface area contributed by atoms with Crippen molar-refractivity contribution in [2.75, 3.05) is 16.7 Å². The van der Waals surface area contributed by atoms with E-state index in [9.17, 15) is 21.2 Å². The largest absolute Gasteiger partial charge is 0.455 e. The predicted molar refractivity (Wildman–Crippen MR) is 138 cm³/mol. The Morgan fingerprint density at radius 1 is 1.03 bits per heavy atom. The Labute approximate surface area is 218 Å². The summed E-state index contributed by atoms with van der Waals surface area (Å²) in [5.41, 5.74) is 0.763. The first-order valence-electron chi connectivity index (χ1n) is 10.5. The van der Waals surface area contributed by atoms with Crippen LogP contribution < -0.4 is 9.46 Å². The van der Waals surface area contributed by atoms with Gasteiger partial charge in [-0.15, -0.1) is 11.3 Å². The van der Waals surface area contributed by atoms with Crippen molar-refractivity contribution in [3.05, 3.63) is 63.3 Å². The number of sulfonamides is 1. The maximum absolute atomic E-state index is 14.8. The number of halogens is 3. The number of hydrogen-bond acceptors (Lipinski definition) is 7. The van der Waals surface area contributed by atoms with Crippen LogP contribution in [-0.2, 0) is 26.3 Å². The summed E-state index contributed by atoms with van der Waals surface area (Å²) in [7, 11) is -7.21. The van der Waals surface area contributed by atoms with Gasteiger partial charge in [-0.05, 0) is 49.1 Å². The van der Waals surface area contributed by atoms with E-state index in [1.165, 1.54) is 12.5 Å². The third-order valence-electron chi connectivity index (χ3n) is 4.88. The molecule has 0 saturated carbocycles. The molecule has 0 bridgehead atoms. The minimum atomic E-state index is -4.24. The van der Waals surface area contributed by atoms with Crippen LogP contribution >= 0.6 is 34.5 Å². The lowest BCUT2D eigenvalue weighted by molar-refractivity contribution is 0.466. The van der Waals surface area contributed by atoms with Crippen molar-refractivity contribution in [3.63, 3.8) is 0 Å². The summed E-state index contributed by atoms with van der Waals surface area (Å²) in [4.78, 5) is 3.20. The number of anilines is 1. The average molecular weight is 582 g/mol. The average Bonchev–Trinajstić information content (AvgIpc) is 3.26. The molecule has 0 amide bonds. The molecule has 0 unspecified atom stereocenters. The van der Waals surface area contributed by atoms with E-state index in [1.807, 2.05) is 0 Å². The number of aryl methyl sites for hydroxylation is 1. The highest BCUT2D eigenvalue weighted by molar-refractivity contribution is 7.93. The van der Waals surface area contributed by atoms with Crippen LogP contribution in [0.25, 0.3) is 0 Å². The summed E-state index contributed by atoms with van der Waals surface area (Å²) < 4.78 is 70.4. The number of nitrogens with zero attached hydrogens (tertiary/aromatic N) is 1. The molecule has 1 heterocycles. The molecule has 0 saturated heterocycles. The first-order valence-corrected chi connectivity index (χ1v) is 15.7. The van der Waals surface area contributed by atoms with Crippen LogP contribution in [-0.4, -0.2) is 33.8 Å². The monoisotopic (exact) mass is 580 g/mol. The van der Waals surface area contributed by atoms with E-state index in [2.05, 4.69) is 9.71 Å². The molecule has 0 aliphatic heterocycles. The first-order chi connectivity index (χ1) is 16.4. The van der Waals surface area contributed by atoms with Crippen molar-refractivity contribution >= 4 is 59.5 Å². The lowest BCUT2D eigenvalue weighted by Crippen LogP contribution is -2.14. The molecule has 3 aromatic rings. The second kappa shape index (κ2) is 11.9. The van der Waals surface area contributed by atoms with Crippen molar-refractivity contribution in [3.8, 4) is 11.5 Å². The summed E-state index contributed by atoms with van der Waals surface area (Å²) >= 11 is 13.4. The molecule has 0 aliphatic rings. The predicted octanol–water partition coefficient (Wildman–Crippen LogP) is 6.33. The molecule has 35 heavy (non-hydrogen) atoms. The zero-order chi connectivity index (χ0) is 25.6. The van der Waals surface area contributed by atoms with E-state index in [-0.39, 0.29) is 21.7 Å². The van der Waals surface area contributed by atoms with Gasteiger partial charge in [0, 0.05) is 34.7 Å². The van der Waals surface area contributed by atoms with Crippen molar-refractivity contribution in [1.29, 1.82) is 0 Å². The molecule has 0 radical (unpaired) electrons. The zero-order valence-electron chi connectivity index (χ0n) is 18.6. The number of thiazole rings is 1. The SMILES string of the molecule is CS(=O)(=O)CCCCCCc1cc(Cl)ccc1Oc1cc(F)c(S(=O)(=O)Nc2nccs2)cc1Cl. The van der Waals surface area contributed by atoms with Crippen LogP contribution in [0.15, 0.2) is 46.8 Å². The number of unbranched alkanes of at least 4 members (excludes halogenated alkanes) is 3. The molecule has 13 heteroatoms. The molecular formula is C22H23Cl2FN2O5S3.